The average Bonchev–Trinajstić information content (AvgIpc) is 1.98. The minimum absolute atomic E-state index is 0.0648. The van der Waals surface area contributed by atoms with Gasteiger partial charge < -0.3 is 0 Å². The van der Waals surface area contributed by atoms with Gasteiger partial charge in [-0.15, -0.1) is 0 Å². The molecule has 1 nitrogen and oxygen atoms in total. The highest BCUT2D eigenvalue weighted by molar-refractivity contribution is 9.12. The molecule has 1 aliphatic carbocycles. The third-order valence-corrected chi connectivity index (χ3v) is 1.60. The van der Waals surface area contributed by atoms with Gasteiger partial charge in [-0.1, -0.05) is 6.05 Å². The molecule has 0 aromatic carbocycles. The number of hydrogen-bond acceptors (Lipinski definition) is 1. The van der Waals surface area contributed by atoms with Crippen molar-refractivity contribution in [2.45, 2.75) is 12.8 Å². The normalized spacial score (nSPS) is 23.6. The molecule has 0 aromatic heterocycles. The number of halogens is 1. The first-order chi connectivity index (χ1) is 3.72. The van der Waals surface area contributed by atoms with E-state index < -0.39 is 0 Å². The maximum atomic E-state index is 10.6. The zero-order valence-electron chi connectivity index (χ0n) is 4.70. The van der Waals surface area contributed by atoms with E-state index in [1.54, 1.807) is 0 Å². The van der Waals surface area contributed by atoms with Crippen LogP contribution in [0.2, 0.25) is 0 Å². The second-order valence-corrected chi connectivity index (χ2v) is 2.21. The highest BCUT2D eigenvalue weighted by atomic mass is 79.9. The van der Waals surface area contributed by atoms with Crippen LogP contribution in [-0.2, 0) is 4.79 Å². The monoisotopic (exact) mass is 161 g/mol. The van der Waals surface area contributed by atoms with Crippen molar-refractivity contribution in [3.05, 3.63) is 10.5 Å². The summed E-state index contributed by atoms with van der Waals surface area (Å²) in [5.41, 5.74) is 0. The van der Waals surface area contributed by atoms with Crippen molar-refractivity contribution >= 4 is 21.7 Å². The highest BCUT2D eigenvalue weighted by Gasteiger charge is 2.09. The molecule has 0 saturated heterocycles. The van der Waals surface area contributed by atoms with E-state index in [2.05, 4.69) is 15.9 Å². The van der Waals surface area contributed by atoms with E-state index in [4.69, 9.17) is 1.37 Å². The molecule has 0 N–H and O–H groups in total. The topological polar surface area (TPSA) is 17.1 Å². The summed E-state index contributed by atoms with van der Waals surface area (Å²) in [6, 6.07) is 0.440. The summed E-state index contributed by atoms with van der Waals surface area (Å²) in [6.07, 6.45) is 1.12. The van der Waals surface area contributed by atoms with E-state index in [0.717, 1.165) is 0 Å². The molecule has 0 atom stereocenters. The third kappa shape index (κ3) is 0.911. The standard InChI is InChI=1S/C5H5BrO/c6-4-2-1-3-5(4)7/h2H,1,3H2/i2D. The van der Waals surface area contributed by atoms with Crippen LogP contribution < -0.4 is 0 Å². The summed E-state index contributed by atoms with van der Waals surface area (Å²) in [6.45, 7) is 0. The lowest BCUT2D eigenvalue weighted by atomic mass is 10.3. The molecule has 2 heteroatoms. The lowest BCUT2D eigenvalue weighted by Crippen LogP contribution is -1.86. The molecule has 38 valence electrons. The molecule has 0 saturated carbocycles. The number of Topliss-reactive ketones (excluding diaryl/α,β-unsaturated/α-hetero) is 1. The zero-order valence-corrected chi connectivity index (χ0v) is 5.29. The molecule has 1 rings (SSSR count). The molecule has 0 bridgehead atoms. The van der Waals surface area contributed by atoms with Crippen LogP contribution in [0.15, 0.2) is 10.5 Å². The summed E-state index contributed by atoms with van der Waals surface area (Å²) >= 11 is 3.01. The van der Waals surface area contributed by atoms with Gasteiger partial charge in [-0.05, 0) is 22.4 Å². The Kier molecular flexibility index (Phi) is 0.978. The van der Waals surface area contributed by atoms with E-state index in [-0.39, 0.29) is 5.78 Å². The van der Waals surface area contributed by atoms with Gasteiger partial charge in [0.2, 0.25) is 0 Å². The lowest BCUT2D eigenvalue weighted by Gasteiger charge is -1.78. The maximum absolute atomic E-state index is 10.6. The fourth-order valence-corrected chi connectivity index (χ4v) is 0.891. The van der Waals surface area contributed by atoms with Gasteiger partial charge in [-0.25, -0.2) is 0 Å². The summed E-state index contributed by atoms with van der Waals surface area (Å²) < 4.78 is 7.55. The minimum Gasteiger partial charge on any atom is -0.294 e. The SMILES string of the molecule is [2H]C1=C(Br)C(=O)CC1. The van der Waals surface area contributed by atoms with Crippen molar-refractivity contribution in [2.75, 3.05) is 0 Å². The van der Waals surface area contributed by atoms with Gasteiger partial charge in [-0.2, -0.15) is 0 Å². The summed E-state index contributed by atoms with van der Waals surface area (Å²) in [5, 5.41) is 0. The van der Waals surface area contributed by atoms with Crippen LogP contribution in [-0.4, -0.2) is 5.78 Å². The van der Waals surface area contributed by atoms with Crippen molar-refractivity contribution < 1.29 is 6.17 Å². The van der Waals surface area contributed by atoms with Crippen LogP contribution >= 0.6 is 15.9 Å². The summed E-state index contributed by atoms with van der Waals surface area (Å²) in [5.74, 6) is 0.0648. The largest absolute Gasteiger partial charge is 0.294 e. The van der Waals surface area contributed by atoms with Crippen molar-refractivity contribution in [1.82, 2.24) is 0 Å². The first-order valence-electron chi connectivity index (χ1n) is 2.60. The Bertz CT molecular complexity index is 162. The first-order valence-corrected chi connectivity index (χ1v) is 2.89. The van der Waals surface area contributed by atoms with Gasteiger partial charge in [-0.3, -0.25) is 4.79 Å². The molecule has 0 heterocycles. The minimum atomic E-state index is 0.0648. The van der Waals surface area contributed by atoms with Crippen LogP contribution in [0, 0.1) is 0 Å². The Labute approximate surface area is 51.9 Å². The molecular formula is C5H5BrO. The number of ketones is 1. The van der Waals surface area contributed by atoms with Gasteiger partial charge in [0.15, 0.2) is 5.78 Å². The Balaban J connectivity index is 2.86. The molecular weight excluding hydrogens is 156 g/mol. The Morgan fingerprint density at radius 2 is 2.71 bits per heavy atom. The quantitative estimate of drug-likeness (QED) is 0.528. The smallest absolute Gasteiger partial charge is 0.169 e. The average molecular weight is 162 g/mol. The predicted octanol–water partition coefficient (Wildman–Crippen LogP) is 1.63. The van der Waals surface area contributed by atoms with Crippen LogP contribution in [0.5, 0.6) is 0 Å². The van der Waals surface area contributed by atoms with E-state index in [1.807, 2.05) is 0 Å². The first kappa shape index (κ1) is 3.84. The maximum Gasteiger partial charge on any atom is 0.169 e. The van der Waals surface area contributed by atoms with Gasteiger partial charge in [0, 0.05) is 6.42 Å². The third-order valence-electron chi connectivity index (χ3n) is 0.877. The predicted molar refractivity (Wildman–Crippen MR) is 31.3 cm³/mol. The van der Waals surface area contributed by atoms with E-state index in [0.29, 0.717) is 23.4 Å². The molecule has 0 unspecified atom stereocenters. The molecule has 0 radical (unpaired) electrons. The van der Waals surface area contributed by atoms with Crippen molar-refractivity contribution in [2.24, 2.45) is 0 Å². The molecule has 1 aliphatic rings. The Hall–Kier alpha value is -0.110. The van der Waals surface area contributed by atoms with Crippen molar-refractivity contribution in [3.63, 3.8) is 0 Å². The summed E-state index contributed by atoms with van der Waals surface area (Å²) in [7, 11) is 0. The second-order valence-electron chi connectivity index (χ2n) is 1.41. The Morgan fingerprint density at radius 3 is 2.86 bits per heavy atom. The van der Waals surface area contributed by atoms with Gasteiger partial charge in [0.05, 0.1) is 5.85 Å². The second kappa shape index (κ2) is 1.78. The van der Waals surface area contributed by atoms with Gasteiger partial charge in [0.25, 0.3) is 0 Å². The number of rotatable bonds is 0. The van der Waals surface area contributed by atoms with Crippen LogP contribution in [0.25, 0.3) is 0 Å². The van der Waals surface area contributed by atoms with Crippen LogP contribution in [0.3, 0.4) is 0 Å². The summed E-state index contributed by atoms with van der Waals surface area (Å²) in [4.78, 5) is 10.6. The molecule has 0 fully saturated rings. The van der Waals surface area contributed by atoms with Gasteiger partial charge >= 0.3 is 0 Å². The van der Waals surface area contributed by atoms with Crippen molar-refractivity contribution in [1.29, 1.82) is 0 Å². The van der Waals surface area contributed by atoms with Gasteiger partial charge in [0.1, 0.15) is 0 Å². The van der Waals surface area contributed by atoms with Crippen molar-refractivity contribution in [3.8, 4) is 0 Å². The molecule has 0 spiro atoms. The fraction of sp³-hybridized carbons (Fsp3) is 0.400. The van der Waals surface area contributed by atoms with Crippen LogP contribution in [0.1, 0.15) is 14.2 Å². The molecule has 0 amide bonds. The Morgan fingerprint density at radius 1 is 2.00 bits per heavy atom. The number of carbonyl (C=O) groups excluding carboxylic acids is 1. The number of hydrogen-bond donors (Lipinski definition) is 0. The zero-order chi connectivity index (χ0) is 6.15. The number of carbonyl (C=O) groups is 1. The van der Waals surface area contributed by atoms with E-state index >= 15 is 0 Å². The lowest BCUT2D eigenvalue weighted by molar-refractivity contribution is -0.114. The highest BCUT2D eigenvalue weighted by Crippen LogP contribution is 2.18. The van der Waals surface area contributed by atoms with Crippen LogP contribution in [0.4, 0.5) is 0 Å². The van der Waals surface area contributed by atoms with E-state index in [1.165, 1.54) is 0 Å². The molecule has 0 aromatic rings. The number of allylic oxidation sites excluding steroid dienone is 2. The molecule has 0 aliphatic heterocycles. The molecule has 7 heavy (non-hydrogen) atoms. The van der Waals surface area contributed by atoms with E-state index in [9.17, 15) is 4.79 Å². The fourth-order valence-electron chi connectivity index (χ4n) is 0.494.